The smallest absolute Gasteiger partial charge is 0.128 e. The molecule has 0 spiro atoms. The number of benzene rings is 1. The zero-order valence-corrected chi connectivity index (χ0v) is 11.1. The predicted octanol–water partition coefficient (Wildman–Crippen LogP) is 2.11. The van der Waals surface area contributed by atoms with Crippen LogP contribution in [0.5, 0.6) is 5.75 Å². The summed E-state index contributed by atoms with van der Waals surface area (Å²) in [6.07, 6.45) is 0.185. The number of aromatic nitrogens is 2. The molecular formula is C15H16N2O2. The molecule has 1 N–H and O–H groups in total. The lowest BCUT2D eigenvalue weighted by Gasteiger charge is -2.16. The summed E-state index contributed by atoms with van der Waals surface area (Å²) in [4.78, 5) is 0. The summed E-state index contributed by atoms with van der Waals surface area (Å²) < 4.78 is 5.65. The molecule has 0 bridgehead atoms. The first-order chi connectivity index (χ1) is 9.16. The topological polar surface area (TPSA) is 55.2 Å². The van der Waals surface area contributed by atoms with Crippen LogP contribution in [-0.2, 0) is 6.42 Å². The average molecular weight is 256 g/mol. The summed E-state index contributed by atoms with van der Waals surface area (Å²) in [7, 11) is 0. The van der Waals surface area contributed by atoms with Crippen LogP contribution in [0, 0.1) is 13.8 Å². The molecule has 2 aromatic rings. The number of ether oxygens (including phenoxy) is 1. The lowest BCUT2D eigenvalue weighted by atomic mass is 9.97. The van der Waals surface area contributed by atoms with Crippen molar-refractivity contribution in [3.63, 3.8) is 0 Å². The molecule has 0 saturated carbocycles. The molecule has 2 heterocycles. The fourth-order valence-corrected chi connectivity index (χ4v) is 2.47. The number of hydrogen-bond donors (Lipinski definition) is 1. The maximum atomic E-state index is 10.6. The van der Waals surface area contributed by atoms with Crippen molar-refractivity contribution in [1.82, 2.24) is 10.2 Å². The fourth-order valence-electron chi connectivity index (χ4n) is 2.47. The molecule has 0 amide bonds. The van der Waals surface area contributed by atoms with Crippen molar-refractivity contribution in [3.05, 3.63) is 52.3 Å². The Kier molecular flexibility index (Phi) is 2.95. The first-order valence-electron chi connectivity index (χ1n) is 6.40. The number of para-hydroxylation sites is 1. The van der Waals surface area contributed by atoms with Crippen LogP contribution in [0.25, 0.3) is 0 Å². The largest absolute Gasteiger partial charge is 0.493 e. The molecule has 1 aromatic carbocycles. The Labute approximate surface area is 112 Å². The molecule has 0 fully saturated rings. The van der Waals surface area contributed by atoms with E-state index in [0.29, 0.717) is 6.61 Å². The third-order valence-corrected chi connectivity index (χ3v) is 3.47. The minimum atomic E-state index is -0.720. The van der Waals surface area contributed by atoms with Crippen molar-refractivity contribution in [2.75, 3.05) is 6.61 Å². The third-order valence-electron chi connectivity index (χ3n) is 3.47. The van der Waals surface area contributed by atoms with Crippen molar-refractivity contribution >= 4 is 0 Å². The third kappa shape index (κ3) is 2.08. The number of aryl methyl sites for hydroxylation is 2. The second kappa shape index (κ2) is 4.63. The number of fused-ring (bicyclic) bond motifs is 1. The molecule has 1 aliphatic rings. The molecule has 0 radical (unpaired) electrons. The Balaban J connectivity index is 2.07. The van der Waals surface area contributed by atoms with Gasteiger partial charge in [-0.2, -0.15) is 10.2 Å². The van der Waals surface area contributed by atoms with Crippen molar-refractivity contribution in [2.24, 2.45) is 0 Å². The Bertz CT molecular complexity index is 626. The summed E-state index contributed by atoms with van der Waals surface area (Å²) in [6.45, 7) is 4.41. The van der Waals surface area contributed by atoms with Gasteiger partial charge in [0.15, 0.2) is 0 Å². The van der Waals surface area contributed by atoms with Gasteiger partial charge in [0, 0.05) is 17.5 Å². The highest BCUT2D eigenvalue weighted by Crippen LogP contribution is 2.36. The molecule has 3 rings (SSSR count). The van der Waals surface area contributed by atoms with Crippen molar-refractivity contribution in [1.29, 1.82) is 0 Å². The highest BCUT2D eigenvalue weighted by atomic mass is 16.5. The van der Waals surface area contributed by atoms with E-state index in [0.717, 1.165) is 40.2 Å². The number of aliphatic hydroxyl groups excluding tert-OH is 1. The van der Waals surface area contributed by atoms with E-state index in [1.54, 1.807) is 0 Å². The second-order valence-electron chi connectivity index (χ2n) is 4.86. The Hall–Kier alpha value is -1.94. The molecular weight excluding hydrogens is 240 g/mol. The van der Waals surface area contributed by atoms with Crippen LogP contribution in [0.3, 0.4) is 0 Å². The van der Waals surface area contributed by atoms with Crippen LogP contribution in [-0.4, -0.2) is 21.9 Å². The van der Waals surface area contributed by atoms with Gasteiger partial charge in [-0.1, -0.05) is 18.2 Å². The van der Waals surface area contributed by atoms with Crippen molar-refractivity contribution in [3.8, 4) is 5.75 Å². The lowest BCUT2D eigenvalue weighted by molar-refractivity contribution is 0.212. The van der Waals surface area contributed by atoms with Crippen molar-refractivity contribution < 1.29 is 9.84 Å². The molecule has 4 nitrogen and oxygen atoms in total. The van der Waals surface area contributed by atoms with Crippen molar-refractivity contribution in [2.45, 2.75) is 26.4 Å². The summed E-state index contributed by atoms with van der Waals surface area (Å²) in [5, 5.41) is 18.7. The minimum Gasteiger partial charge on any atom is -0.493 e. The van der Waals surface area contributed by atoms with Gasteiger partial charge in [0.25, 0.3) is 0 Å². The summed E-state index contributed by atoms with van der Waals surface area (Å²) in [5.41, 5.74) is 4.30. The standard InChI is InChI=1S/C15H16N2O2/c1-9-8-13(10(2)17-16-9)14(18)12-5-3-4-11-6-7-19-15(11)12/h3-5,8,14,18H,6-7H2,1-2H3. The molecule has 1 aromatic heterocycles. The molecule has 4 heteroatoms. The molecule has 0 aliphatic carbocycles. The maximum absolute atomic E-state index is 10.6. The number of nitrogens with zero attached hydrogens (tertiary/aromatic N) is 2. The zero-order valence-electron chi connectivity index (χ0n) is 11.1. The van der Waals surface area contributed by atoms with Gasteiger partial charge in [0.2, 0.25) is 0 Å². The first kappa shape index (κ1) is 12.1. The highest BCUT2D eigenvalue weighted by Gasteiger charge is 2.23. The summed E-state index contributed by atoms with van der Waals surface area (Å²) >= 11 is 0. The SMILES string of the molecule is Cc1cc(C(O)c2cccc3c2OCC3)c(C)nn1. The zero-order chi connectivity index (χ0) is 13.4. The van der Waals surface area contributed by atoms with Crippen LogP contribution in [0.2, 0.25) is 0 Å². The van der Waals surface area contributed by atoms with Gasteiger partial charge >= 0.3 is 0 Å². The van der Waals surface area contributed by atoms with Gasteiger partial charge in [-0.15, -0.1) is 0 Å². The fraction of sp³-hybridized carbons (Fsp3) is 0.333. The minimum absolute atomic E-state index is 0.686. The van der Waals surface area contributed by atoms with Crippen LogP contribution in [0.1, 0.15) is 34.2 Å². The van der Waals surface area contributed by atoms with Crippen LogP contribution < -0.4 is 4.74 Å². The van der Waals surface area contributed by atoms with Crippen LogP contribution in [0.15, 0.2) is 24.3 Å². The number of aliphatic hydroxyl groups is 1. The molecule has 1 atom stereocenters. The summed E-state index contributed by atoms with van der Waals surface area (Å²) in [6, 6.07) is 7.79. The maximum Gasteiger partial charge on any atom is 0.128 e. The van der Waals surface area contributed by atoms with E-state index in [9.17, 15) is 5.11 Å². The Morgan fingerprint density at radius 3 is 2.89 bits per heavy atom. The number of hydrogen-bond acceptors (Lipinski definition) is 4. The monoisotopic (exact) mass is 256 g/mol. The van der Waals surface area contributed by atoms with Gasteiger partial charge in [0.1, 0.15) is 11.9 Å². The van der Waals surface area contributed by atoms with E-state index in [4.69, 9.17) is 4.74 Å². The van der Waals surface area contributed by atoms with E-state index in [1.165, 1.54) is 0 Å². The Morgan fingerprint density at radius 1 is 1.21 bits per heavy atom. The average Bonchev–Trinajstić information content (AvgIpc) is 2.89. The highest BCUT2D eigenvalue weighted by molar-refractivity contribution is 5.48. The van der Waals surface area contributed by atoms with E-state index >= 15 is 0 Å². The van der Waals surface area contributed by atoms with Crippen LogP contribution in [0.4, 0.5) is 0 Å². The van der Waals surface area contributed by atoms with Gasteiger partial charge < -0.3 is 9.84 Å². The van der Waals surface area contributed by atoms with Gasteiger partial charge in [-0.25, -0.2) is 0 Å². The molecule has 1 aliphatic heterocycles. The quantitative estimate of drug-likeness (QED) is 0.894. The van der Waals surface area contributed by atoms with Gasteiger partial charge in [-0.05, 0) is 25.5 Å². The Morgan fingerprint density at radius 2 is 2.05 bits per heavy atom. The molecule has 19 heavy (non-hydrogen) atoms. The second-order valence-corrected chi connectivity index (χ2v) is 4.86. The van der Waals surface area contributed by atoms with Gasteiger partial charge in [-0.3, -0.25) is 0 Å². The molecule has 1 unspecified atom stereocenters. The van der Waals surface area contributed by atoms with E-state index in [1.807, 2.05) is 38.1 Å². The van der Waals surface area contributed by atoms with E-state index < -0.39 is 6.10 Å². The van der Waals surface area contributed by atoms with Gasteiger partial charge in [0.05, 0.1) is 18.0 Å². The molecule has 0 saturated heterocycles. The van der Waals surface area contributed by atoms with Crippen LogP contribution >= 0.6 is 0 Å². The lowest BCUT2D eigenvalue weighted by Crippen LogP contribution is -2.07. The predicted molar refractivity (Wildman–Crippen MR) is 71.2 cm³/mol. The molecule has 98 valence electrons. The normalized spacial score (nSPS) is 14.9. The van der Waals surface area contributed by atoms with E-state index in [2.05, 4.69) is 10.2 Å². The first-order valence-corrected chi connectivity index (χ1v) is 6.40. The number of rotatable bonds is 2. The summed E-state index contributed by atoms with van der Waals surface area (Å²) in [5.74, 6) is 0.823. The van der Waals surface area contributed by atoms with E-state index in [-0.39, 0.29) is 0 Å².